The number of hydrogen-bond donors (Lipinski definition) is 1. The van der Waals surface area contributed by atoms with Gasteiger partial charge in [-0.2, -0.15) is 5.26 Å². The van der Waals surface area contributed by atoms with Gasteiger partial charge in [0.05, 0.1) is 31.5 Å². The fourth-order valence-electron chi connectivity index (χ4n) is 1.00. The molecule has 0 aliphatic rings. The van der Waals surface area contributed by atoms with Gasteiger partial charge in [0.15, 0.2) is 0 Å². The Morgan fingerprint density at radius 1 is 1.38 bits per heavy atom. The van der Waals surface area contributed by atoms with Gasteiger partial charge in [0.25, 0.3) is 0 Å². The van der Waals surface area contributed by atoms with Crippen LogP contribution in [0, 0.1) is 11.3 Å². The number of nitriles is 1. The van der Waals surface area contributed by atoms with Gasteiger partial charge in [0.1, 0.15) is 0 Å². The van der Waals surface area contributed by atoms with Gasteiger partial charge < -0.3 is 9.84 Å². The molecule has 0 atom stereocenters. The van der Waals surface area contributed by atoms with Gasteiger partial charge in [-0.3, -0.25) is 0 Å². The minimum Gasteiger partial charge on any atom is -0.394 e. The zero-order valence-electron chi connectivity index (χ0n) is 7.23. The van der Waals surface area contributed by atoms with Crippen molar-refractivity contribution in [3.05, 3.63) is 35.4 Å². The number of benzene rings is 1. The Bertz CT molecular complexity index is 304. The molecule has 0 heterocycles. The van der Waals surface area contributed by atoms with E-state index in [0.717, 1.165) is 5.56 Å². The van der Waals surface area contributed by atoms with Gasteiger partial charge in [0.2, 0.25) is 0 Å². The van der Waals surface area contributed by atoms with Gasteiger partial charge in [0, 0.05) is 0 Å². The van der Waals surface area contributed by atoms with Crippen LogP contribution in [0.2, 0.25) is 0 Å². The molecule has 0 fully saturated rings. The second kappa shape index (κ2) is 5.31. The Morgan fingerprint density at radius 2 is 2.15 bits per heavy atom. The molecule has 1 aromatic rings. The van der Waals surface area contributed by atoms with E-state index in [9.17, 15) is 0 Å². The van der Waals surface area contributed by atoms with Gasteiger partial charge in [-0.25, -0.2) is 0 Å². The Morgan fingerprint density at radius 3 is 2.85 bits per heavy atom. The molecular weight excluding hydrogens is 166 g/mol. The molecule has 0 unspecified atom stereocenters. The average molecular weight is 177 g/mol. The summed E-state index contributed by atoms with van der Waals surface area (Å²) in [5, 5.41) is 17.2. The molecule has 0 aliphatic carbocycles. The first-order valence-corrected chi connectivity index (χ1v) is 4.05. The predicted molar refractivity (Wildman–Crippen MR) is 47.9 cm³/mol. The van der Waals surface area contributed by atoms with E-state index in [4.69, 9.17) is 15.1 Å². The molecule has 1 aromatic carbocycles. The minimum absolute atomic E-state index is 0.00865. The molecule has 13 heavy (non-hydrogen) atoms. The van der Waals surface area contributed by atoms with Crippen molar-refractivity contribution in [2.75, 3.05) is 13.2 Å². The number of rotatable bonds is 4. The van der Waals surface area contributed by atoms with Crippen molar-refractivity contribution >= 4 is 0 Å². The van der Waals surface area contributed by atoms with Crippen molar-refractivity contribution in [3.63, 3.8) is 0 Å². The fourth-order valence-corrected chi connectivity index (χ4v) is 1.00. The van der Waals surface area contributed by atoms with Crippen LogP contribution in [0.1, 0.15) is 11.1 Å². The summed E-state index contributed by atoms with van der Waals surface area (Å²) in [6.45, 7) is 0.693. The molecule has 0 saturated heterocycles. The first kappa shape index (κ1) is 9.72. The standard InChI is InChI=1S/C10H11NO2/c11-7-9-3-1-2-4-10(9)8-13-6-5-12/h1-4,12H,5-6,8H2. The van der Waals surface area contributed by atoms with E-state index in [1.54, 1.807) is 6.07 Å². The van der Waals surface area contributed by atoms with Crippen LogP contribution in [0.15, 0.2) is 24.3 Å². The lowest BCUT2D eigenvalue weighted by atomic mass is 10.1. The lowest BCUT2D eigenvalue weighted by Crippen LogP contribution is -2.00. The second-order valence-electron chi connectivity index (χ2n) is 2.55. The SMILES string of the molecule is N#Cc1ccccc1COCCO. The van der Waals surface area contributed by atoms with Crippen molar-refractivity contribution in [1.82, 2.24) is 0 Å². The maximum absolute atomic E-state index is 8.72. The predicted octanol–water partition coefficient (Wildman–Crippen LogP) is 1.07. The minimum atomic E-state index is 0.00865. The van der Waals surface area contributed by atoms with Crippen molar-refractivity contribution in [3.8, 4) is 6.07 Å². The van der Waals surface area contributed by atoms with Crippen molar-refractivity contribution in [2.24, 2.45) is 0 Å². The molecule has 0 aliphatic heterocycles. The smallest absolute Gasteiger partial charge is 0.0995 e. The van der Waals surface area contributed by atoms with Crippen LogP contribution < -0.4 is 0 Å². The van der Waals surface area contributed by atoms with Gasteiger partial charge in [-0.05, 0) is 11.6 Å². The van der Waals surface area contributed by atoms with Gasteiger partial charge >= 0.3 is 0 Å². The Labute approximate surface area is 77.2 Å². The van der Waals surface area contributed by atoms with E-state index in [0.29, 0.717) is 18.8 Å². The number of hydrogen-bond acceptors (Lipinski definition) is 3. The summed E-state index contributed by atoms with van der Waals surface area (Å²) in [7, 11) is 0. The van der Waals surface area contributed by atoms with Crippen LogP contribution >= 0.6 is 0 Å². The molecule has 0 bridgehead atoms. The quantitative estimate of drug-likeness (QED) is 0.700. The number of nitrogens with zero attached hydrogens (tertiary/aromatic N) is 1. The first-order valence-electron chi connectivity index (χ1n) is 4.05. The van der Waals surface area contributed by atoms with E-state index in [2.05, 4.69) is 6.07 Å². The summed E-state index contributed by atoms with van der Waals surface area (Å²) in [4.78, 5) is 0. The van der Waals surface area contributed by atoms with Crippen molar-refractivity contribution in [1.29, 1.82) is 5.26 Å². The van der Waals surface area contributed by atoms with Crippen molar-refractivity contribution < 1.29 is 9.84 Å². The highest BCUT2D eigenvalue weighted by atomic mass is 16.5. The Hall–Kier alpha value is -1.37. The van der Waals surface area contributed by atoms with E-state index in [1.807, 2.05) is 18.2 Å². The molecule has 0 radical (unpaired) electrons. The van der Waals surface area contributed by atoms with E-state index >= 15 is 0 Å². The third kappa shape index (κ3) is 2.86. The molecule has 0 saturated carbocycles. The number of ether oxygens (including phenoxy) is 1. The summed E-state index contributed by atoms with van der Waals surface area (Å²) in [6.07, 6.45) is 0. The van der Waals surface area contributed by atoms with Crippen LogP contribution in [0.5, 0.6) is 0 Å². The highest BCUT2D eigenvalue weighted by molar-refractivity contribution is 5.36. The maximum atomic E-state index is 8.72. The topological polar surface area (TPSA) is 53.2 Å². The third-order valence-electron chi connectivity index (χ3n) is 1.63. The number of aliphatic hydroxyl groups is 1. The molecule has 1 rings (SSSR count). The summed E-state index contributed by atoms with van der Waals surface area (Å²) < 4.78 is 5.11. The average Bonchev–Trinajstić information content (AvgIpc) is 2.19. The monoisotopic (exact) mass is 177 g/mol. The second-order valence-corrected chi connectivity index (χ2v) is 2.55. The van der Waals surface area contributed by atoms with Crippen molar-refractivity contribution in [2.45, 2.75) is 6.61 Å². The van der Waals surface area contributed by atoms with Crippen LogP contribution in [-0.2, 0) is 11.3 Å². The largest absolute Gasteiger partial charge is 0.394 e. The summed E-state index contributed by atoms with van der Waals surface area (Å²) in [5.74, 6) is 0. The molecule has 0 amide bonds. The fraction of sp³-hybridized carbons (Fsp3) is 0.300. The molecule has 68 valence electrons. The maximum Gasteiger partial charge on any atom is 0.0995 e. The molecular formula is C10H11NO2. The highest BCUT2D eigenvalue weighted by Gasteiger charge is 1.99. The molecule has 1 N–H and O–H groups in total. The number of aliphatic hydroxyl groups excluding tert-OH is 1. The molecule has 0 aromatic heterocycles. The zero-order valence-corrected chi connectivity index (χ0v) is 7.23. The molecule has 0 spiro atoms. The van der Waals surface area contributed by atoms with Gasteiger partial charge in [-0.15, -0.1) is 0 Å². The normalized spacial score (nSPS) is 9.54. The molecule has 3 heteroatoms. The lowest BCUT2D eigenvalue weighted by molar-refractivity contribution is 0.0814. The van der Waals surface area contributed by atoms with Crippen LogP contribution in [0.25, 0.3) is 0 Å². The third-order valence-corrected chi connectivity index (χ3v) is 1.63. The van der Waals surface area contributed by atoms with Gasteiger partial charge in [-0.1, -0.05) is 18.2 Å². The highest BCUT2D eigenvalue weighted by Crippen LogP contribution is 2.08. The Kier molecular flexibility index (Phi) is 3.97. The Balaban J connectivity index is 2.60. The molecule has 3 nitrogen and oxygen atoms in total. The summed E-state index contributed by atoms with van der Waals surface area (Å²) in [6, 6.07) is 9.34. The lowest BCUT2D eigenvalue weighted by Gasteiger charge is -2.03. The summed E-state index contributed by atoms with van der Waals surface area (Å²) in [5.41, 5.74) is 1.49. The van der Waals surface area contributed by atoms with Crippen LogP contribution in [0.4, 0.5) is 0 Å². The van der Waals surface area contributed by atoms with E-state index in [-0.39, 0.29) is 6.61 Å². The van der Waals surface area contributed by atoms with Crippen LogP contribution in [0.3, 0.4) is 0 Å². The zero-order chi connectivity index (χ0) is 9.52. The van der Waals surface area contributed by atoms with Crippen LogP contribution in [-0.4, -0.2) is 18.3 Å². The first-order chi connectivity index (χ1) is 6.38. The van der Waals surface area contributed by atoms with E-state index < -0.39 is 0 Å². The summed E-state index contributed by atoms with van der Waals surface area (Å²) >= 11 is 0. The van der Waals surface area contributed by atoms with E-state index in [1.165, 1.54) is 0 Å².